The maximum atomic E-state index is 13.1. The van der Waals surface area contributed by atoms with Gasteiger partial charge < -0.3 is 5.32 Å². The molecule has 162 valence electrons. The fourth-order valence-corrected chi connectivity index (χ4v) is 4.38. The maximum Gasteiger partial charge on any atom is 0.241 e. The molecule has 0 unspecified atom stereocenters. The highest BCUT2D eigenvalue weighted by Crippen LogP contribution is 2.25. The van der Waals surface area contributed by atoms with Crippen LogP contribution in [0.2, 0.25) is 0 Å². The normalized spacial score (nSPS) is 12.3. The quantitative estimate of drug-likeness (QED) is 0.601. The van der Waals surface area contributed by atoms with Crippen LogP contribution in [0.4, 0.5) is 5.69 Å². The van der Waals surface area contributed by atoms with Gasteiger partial charge in [0.15, 0.2) is 0 Å². The Morgan fingerprint density at radius 2 is 1.45 bits per heavy atom. The third-order valence-electron chi connectivity index (χ3n) is 5.17. The molecule has 1 atom stereocenters. The standard InChI is InChI=1S/C25H28N2O3S/c1-18-11-14-22(15-12-18)25(21-8-6-5-7-9-21)26-24(28)17-27(31(4,29)30)23-16-19(2)10-13-20(23)3/h5-16,25H,17H2,1-4H3,(H,26,28)/t25-/m0/s1. The SMILES string of the molecule is Cc1ccc([C@@H](NC(=O)CN(c2cc(C)ccc2C)S(C)(=O)=O)c2ccccc2)cc1. The fourth-order valence-electron chi connectivity index (χ4n) is 3.47. The molecule has 1 amide bonds. The molecule has 0 saturated heterocycles. The lowest BCUT2D eigenvalue weighted by atomic mass is 9.98. The molecule has 0 aliphatic heterocycles. The van der Waals surface area contributed by atoms with E-state index in [1.54, 1.807) is 6.07 Å². The lowest BCUT2D eigenvalue weighted by Crippen LogP contribution is -2.42. The zero-order chi connectivity index (χ0) is 22.6. The average molecular weight is 437 g/mol. The average Bonchev–Trinajstić information content (AvgIpc) is 2.73. The highest BCUT2D eigenvalue weighted by molar-refractivity contribution is 7.92. The Balaban J connectivity index is 1.91. The van der Waals surface area contributed by atoms with Gasteiger partial charge in [-0.3, -0.25) is 9.10 Å². The van der Waals surface area contributed by atoms with Gasteiger partial charge in [-0.2, -0.15) is 0 Å². The van der Waals surface area contributed by atoms with E-state index in [0.29, 0.717) is 5.69 Å². The van der Waals surface area contributed by atoms with E-state index in [0.717, 1.165) is 34.1 Å². The van der Waals surface area contributed by atoms with Crippen molar-refractivity contribution in [2.45, 2.75) is 26.8 Å². The highest BCUT2D eigenvalue weighted by Gasteiger charge is 2.25. The molecule has 0 aromatic heterocycles. The van der Waals surface area contributed by atoms with Crippen molar-refractivity contribution in [3.63, 3.8) is 0 Å². The van der Waals surface area contributed by atoms with E-state index in [1.165, 1.54) is 4.31 Å². The molecule has 0 spiro atoms. The van der Waals surface area contributed by atoms with Gasteiger partial charge in [-0.15, -0.1) is 0 Å². The molecule has 5 nitrogen and oxygen atoms in total. The minimum absolute atomic E-state index is 0.293. The summed E-state index contributed by atoms with van der Waals surface area (Å²) in [4.78, 5) is 13.1. The first-order chi connectivity index (χ1) is 14.6. The monoisotopic (exact) mass is 436 g/mol. The first kappa shape index (κ1) is 22.6. The Hall–Kier alpha value is -3.12. The van der Waals surface area contributed by atoms with Gasteiger partial charge in [0.1, 0.15) is 6.54 Å². The van der Waals surface area contributed by atoms with E-state index >= 15 is 0 Å². The minimum atomic E-state index is -3.65. The van der Waals surface area contributed by atoms with Gasteiger partial charge in [-0.1, -0.05) is 72.3 Å². The Labute approximate surface area is 184 Å². The van der Waals surface area contributed by atoms with Crippen molar-refractivity contribution in [2.24, 2.45) is 0 Å². The van der Waals surface area contributed by atoms with Crippen molar-refractivity contribution in [3.05, 3.63) is 101 Å². The van der Waals surface area contributed by atoms with Gasteiger partial charge in [-0.05, 0) is 49.1 Å². The second-order valence-corrected chi connectivity index (χ2v) is 9.79. The molecule has 3 aromatic rings. The van der Waals surface area contributed by atoms with Crippen molar-refractivity contribution >= 4 is 21.6 Å². The topological polar surface area (TPSA) is 66.5 Å². The third-order valence-corrected chi connectivity index (χ3v) is 6.30. The van der Waals surface area contributed by atoms with Crippen LogP contribution in [0.3, 0.4) is 0 Å². The molecule has 0 heterocycles. The van der Waals surface area contributed by atoms with Gasteiger partial charge in [0.2, 0.25) is 15.9 Å². The summed E-state index contributed by atoms with van der Waals surface area (Å²) in [6, 6.07) is 22.8. The van der Waals surface area contributed by atoms with E-state index in [1.807, 2.05) is 87.5 Å². The molecule has 0 aliphatic rings. The number of benzene rings is 3. The van der Waals surface area contributed by atoms with E-state index in [4.69, 9.17) is 0 Å². The van der Waals surface area contributed by atoms with Crippen molar-refractivity contribution in [1.82, 2.24) is 5.32 Å². The van der Waals surface area contributed by atoms with Crippen LogP contribution in [0, 0.1) is 20.8 Å². The number of rotatable bonds is 7. The molecule has 1 N–H and O–H groups in total. The van der Waals surface area contributed by atoms with Crippen LogP contribution >= 0.6 is 0 Å². The van der Waals surface area contributed by atoms with Gasteiger partial charge in [-0.25, -0.2) is 8.42 Å². The van der Waals surface area contributed by atoms with Gasteiger partial charge >= 0.3 is 0 Å². The van der Waals surface area contributed by atoms with Crippen LogP contribution in [-0.4, -0.2) is 27.1 Å². The number of aryl methyl sites for hydroxylation is 3. The van der Waals surface area contributed by atoms with Crippen molar-refractivity contribution in [3.8, 4) is 0 Å². The molecule has 3 aromatic carbocycles. The predicted molar refractivity (Wildman–Crippen MR) is 126 cm³/mol. The zero-order valence-corrected chi connectivity index (χ0v) is 19.1. The molecule has 0 bridgehead atoms. The first-order valence-corrected chi connectivity index (χ1v) is 12.0. The molecule has 0 saturated carbocycles. The van der Waals surface area contributed by atoms with Crippen LogP contribution < -0.4 is 9.62 Å². The molecule has 3 rings (SSSR count). The van der Waals surface area contributed by atoms with Crippen LogP contribution in [0.5, 0.6) is 0 Å². The van der Waals surface area contributed by atoms with Gasteiger partial charge in [0.25, 0.3) is 0 Å². The van der Waals surface area contributed by atoms with Crippen LogP contribution in [0.15, 0.2) is 72.8 Å². The van der Waals surface area contributed by atoms with E-state index < -0.39 is 10.0 Å². The first-order valence-electron chi connectivity index (χ1n) is 10.1. The predicted octanol–water partition coefficient (Wildman–Crippen LogP) is 4.28. The Bertz CT molecular complexity index is 1160. The molecule has 6 heteroatoms. The van der Waals surface area contributed by atoms with Crippen molar-refractivity contribution < 1.29 is 13.2 Å². The lowest BCUT2D eigenvalue weighted by molar-refractivity contribution is -0.120. The summed E-state index contributed by atoms with van der Waals surface area (Å²) in [6.07, 6.45) is 1.12. The Kier molecular flexibility index (Phi) is 6.81. The second kappa shape index (κ2) is 9.35. The lowest BCUT2D eigenvalue weighted by Gasteiger charge is -2.26. The molecular formula is C25H28N2O3S. The summed E-state index contributed by atoms with van der Waals surface area (Å²) in [7, 11) is -3.65. The maximum absolute atomic E-state index is 13.1. The molecule has 0 radical (unpaired) electrons. The van der Waals surface area contributed by atoms with Crippen molar-refractivity contribution in [1.29, 1.82) is 0 Å². The fraction of sp³-hybridized carbons (Fsp3) is 0.240. The summed E-state index contributed by atoms with van der Waals surface area (Å²) >= 11 is 0. The summed E-state index contributed by atoms with van der Waals surface area (Å²) < 4.78 is 26.2. The summed E-state index contributed by atoms with van der Waals surface area (Å²) in [5, 5.41) is 3.03. The van der Waals surface area contributed by atoms with Crippen LogP contribution in [-0.2, 0) is 14.8 Å². The molecule has 0 aliphatic carbocycles. The number of carbonyl (C=O) groups excluding carboxylic acids is 1. The highest BCUT2D eigenvalue weighted by atomic mass is 32.2. The number of sulfonamides is 1. The number of hydrogen-bond acceptors (Lipinski definition) is 3. The number of nitrogens with one attached hydrogen (secondary N) is 1. The van der Waals surface area contributed by atoms with Gasteiger partial charge in [0.05, 0.1) is 18.0 Å². The largest absolute Gasteiger partial charge is 0.344 e. The number of anilines is 1. The number of nitrogens with zero attached hydrogens (tertiary/aromatic N) is 1. The zero-order valence-electron chi connectivity index (χ0n) is 18.3. The number of carbonyl (C=O) groups is 1. The van der Waals surface area contributed by atoms with Gasteiger partial charge in [0, 0.05) is 0 Å². The Morgan fingerprint density at radius 1 is 0.871 bits per heavy atom. The van der Waals surface area contributed by atoms with Crippen LogP contribution in [0.1, 0.15) is 33.9 Å². The van der Waals surface area contributed by atoms with Crippen molar-refractivity contribution in [2.75, 3.05) is 17.1 Å². The summed E-state index contributed by atoms with van der Waals surface area (Å²) in [6.45, 7) is 5.45. The van der Waals surface area contributed by atoms with E-state index in [9.17, 15) is 13.2 Å². The molecule has 31 heavy (non-hydrogen) atoms. The van der Waals surface area contributed by atoms with Crippen LogP contribution in [0.25, 0.3) is 0 Å². The smallest absolute Gasteiger partial charge is 0.241 e. The summed E-state index contributed by atoms with van der Waals surface area (Å²) in [5.74, 6) is -0.374. The molecular weight excluding hydrogens is 408 g/mol. The number of hydrogen-bond donors (Lipinski definition) is 1. The molecule has 0 fully saturated rings. The minimum Gasteiger partial charge on any atom is -0.344 e. The second-order valence-electron chi connectivity index (χ2n) is 7.88. The number of amides is 1. The summed E-state index contributed by atoms with van der Waals surface area (Å²) in [5.41, 5.74) is 5.22. The van der Waals surface area contributed by atoms with E-state index in [2.05, 4.69) is 5.32 Å². The Morgan fingerprint density at radius 3 is 2.06 bits per heavy atom. The van der Waals surface area contributed by atoms with E-state index in [-0.39, 0.29) is 18.5 Å². The third kappa shape index (κ3) is 5.73.